The molecule has 5 rings (SSSR count). The zero-order valence-electron chi connectivity index (χ0n) is 40.1. The van der Waals surface area contributed by atoms with Crippen molar-refractivity contribution in [3.8, 4) is 0 Å². The summed E-state index contributed by atoms with van der Waals surface area (Å²) in [6.07, 6.45) is 6.37. The van der Waals surface area contributed by atoms with Crippen molar-refractivity contribution in [1.82, 2.24) is 53.7 Å². The minimum absolute atomic E-state index is 0.0195. The number of amides is 8. The van der Waals surface area contributed by atoms with Gasteiger partial charge in [0.2, 0.25) is 35.2 Å². The first-order valence-electron chi connectivity index (χ1n) is 21.7. The molecule has 5 aromatic heterocycles. The molecule has 0 aliphatic heterocycles. The number of carbonyl (C=O) groups excluding carboxylic acids is 9. The lowest BCUT2D eigenvalue weighted by atomic mass is 10.2. The Kier molecular flexibility index (Phi) is 17.0. The first kappa shape index (κ1) is 52.2. The summed E-state index contributed by atoms with van der Waals surface area (Å²) >= 11 is 0. The molecule has 5 heterocycles. The van der Waals surface area contributed by atoms with E-state index in [4.69, 9.17) is 9.47 Å². The Bertz CT molecular complexity index is 2800. The fourth-order valence-corrected chi connectivity index (χ4v) is 6.45. The Balaban J connectivity index is 1.03. The van der Waals surface area contributed by atoms with Crippen LogP contribution in [0, 0.1) is 0 Å². The number of alkyl carbamates (subject to hydrolysis) is 1. The number of nitrogens with one attached hydrogen (secondary N) is 8. The lowest BCUT2D eigenvalue weighted by Gasteiger charge is -2.19. The van der Waals surface area contributed by atoms with Crippen molar-refractivity contribution >= 4 is 82.2 Å². The number of rotatable bonds is 20. The summed E-state index contributed by atoms with van der Waals surface area (Å²) in [5, 5.41) is 20.9. The highest BCUT2D eigenvalue weighted by Gasteiger charge is 2.22. The van der Waals surface area contributed by atoms with Crippen LogP contribution in [-0.4, -0.2) is 123 Å². The molecule has 8 amide bonds. The van der Waals surface area contributed by atoms with E-state index in [1.807, 2.05) is 0 Å². The molecule has 0 fully saturated rings. The van der Waals surface area contributed by atoms with Crippen molar-refractivity contribution in [1.29, 1.82) is 0 Å². The average molecular weight is 973 g/mol. The molecule has 0 atom stereocenters. The second-order valence-electron chi connectivity index (χ2n) is 16.6. The van der Waals surface area contributed by atoms with E-state index >= 15 is 0 Å². The van der Waals surface area contributed by atoms with Crippen molar-refractivity contribution in [2.24, 2.45) is 35.2 Å². The first-order valence-corrected chi connectivity index (χ1v) is 21.7. The molecule has 0 aliphatic carbocycles. The molecular weight excluding hydrogens is 917 g/mol. The van der Waals surface area contributed by atoms with Crippen LogP contribution in [0.1, 0.15) is 99.8 Å². The number of hydrogen-bond acceptors (Lipinski definition) is 14. The molecule has 374 valence electrons. The smallest absolute Gasteiger partial charge is 0.407 e. The number of nitrogens with zero attached hydrogens (tertiary/aromatic N) is 8. The van der Waals surface area contributed by atoms with Crippen molar-refractivity contribution in [2.75, 3.05) is 52.8 Å². The number of aromatic nitrogens is 8. The third-order valence-corrected chi connectivity index (χ3v) is 9.58. The van der Waals surface area contributed by atoms with Crippen LogP contribution < -0.4 is 42.5 Å². The molecule has 0 aliphatic rings. The van der Waals surface area contributed by atoms with Gasteiger partial charge < -0.3 is 74.8 Å². The maximum atomic E-state index is 13.2. The van der Waals surface area contributed by atoms with Crippen molar-refractivity contribution < 1.29 is 52.6 Å². The van der Waals surface area contributed by atoms with E-state index in [1.54, 1.807) is 62.9 Å². The summed E-state index contributed by atoms with van der Waals surface area (Å²) in [5.41, 5.74) is 0.219. The maximum Gasteiger partial charge on any atom is 0.407 e. The molecule has 27 heteroatoms. The molecule has 0 radical (unpaired) electrons. The van der Waals surface area contributed by atoms with E-state index in [9.17, 15) is 43.2 Å². The number of imidazole rings is 3. The van der Waals surface area contributed by atoms with Crippen LogP contribution in [0.3, 0.4) is 0 Å². The molecule has 0 saturated heterocycles. The van der Waals surface area contributed by atoms with Gasteiger partial charge in [0.15, 0.2) is 17.5 Å². The predicted octanol–water partition coefficient (Wildman–Crippen LogP) is 1.62. The topological polar surface area (TPSA) is 332 Å². The van der Waals surface area contributed by atoms with Crippen LogP contribution in [0.5, 0.6) is 0 Å². The SMILES string of the molecule is CCOC(=O)c1nc(NC(=O)CCNC(=O)c2cc(NC(=O)c3nc(NC(=O)CCNC(=O)c4cc(NC(=O)c5nc(NC(=O)CCNC(=O)OC(C)(C)C)cn5C)cn4C)cn3C)cn2C)cn1C. The van der Waals surface area contributed by atoms with Gasteiger partial charge in [-0.25, -0.2) is 24.5 Å². The molecule has 8 N–H and O–H groups in total. The molecule has 0 spiro atoms. The summed E-state index contributed by atoms with van der Waals surface area (Å²) in [4.78, 5) is 126. The normalized spacial score (nSPS) is 11.0. The lowest BCUT2D eigenvalue weighted by molar-refractivity contribution is -0.117. The molecule has 0 bridgehead atoms. The van der Waals surface area contributed by atoms with Crippen LogP contribution in [0.2, 0.25) is 0 Å². The van der Waals surface area contributed by atoms with Crippen molar-refractivity contribution in [3.05, 3.63) is 72.0 Å². The minimum atomic E-state index is -0.684. The first-order chi connectivity index (χ1) is 33.0. The van der Waals surface area contributed by atoms with Gasteiger partial charge in [0.1, 0.15) is 17.0 Å². The van der Waals surface area contributed by atoms with Gasteiger partial charge in [-0.2, -0.15) is 0 Å². The Morgan fingerprint density at radius 2 is 0.871 bits per heavy atom. The van der Waals surface area contributed by atoms with Gasteiger partial charge in [0.05, 0.1) is 18.0 Å². The van der Waals surface area contributed by atoms with E-state index in [1.165, 1.54) is 66.0 Å². The van der Waals surface area contributed by atoms with Crippen LogP contribution in [-0.2, 0) is 59.1 Å². The van der Waals surface area contributed by atoms with Gasteiger partial charge >= 0.3 is 12.1 Å². The molecule has 5 aromatic rings. The summed E-state index contributed by atoms with van der Waals surface area (Å²) in [5.74, 6) is -4.10. The Labute approximate surface area is 400 Å². The predicted molar refractivity (Wildman–Crippen MR) is 251 cm³/mol. The van der Waals surface area contributed by atoms with Gasteiger partial charge in [-0.05, 0) is 39.8 Å². The highest BCUT2D eigenvalue weighted by molar-refractivity contribution is 6.05. The Morgan fingerprint density at radius 3 is 1.26 bits per heavy atom. The van der Waals surface area contributed by atoms with Gasteiger partial charge in [-0.3, -0.25) is 33.6 Å². The van der Waals surface area contributed by atoms with Gasteiger partial charge in [0.25, 0.3) is 23.6 Å². The van der Waals surface area contributed by atoms with E-state index in [0.717, 1.165) is 0 Å². The van der Waals surface area contributed by atoms with E-state index in [-0.39, 0.29) is 103 Å². The summed E-state index contributed by atoms with van der Waals surface area (Å²) in [6, 6.07) is 2.87. The zero-order chi connectivity index (χ0) is 51.4. The second-order valence-corrected chi connectivity index (χ2v) is 16.6. The number of carbonyl (C=O) groups is 9. The van der Waals surface area contributed by atoms with Crippen LogP contribution in [0.25, 0.3) is 0 Å². The average Bonchev–Trinajstić information content (AvgIpc) is 4.08. The quantitative estimate of drug-likeness (QED) is 0.0514. The van der Waals surface area contributed by atoms with Gasteiger partial charge in [-0.1, -0.05) is 0 Å². The standard InChI is InChI=1S/C43H56N16O11/c1-10-69-41(67)36-54-30(23-59(36)9)51-32(61)12-15-45-38(64)27-18-24(19-56(27)6)47-39(65)34-52-28(21-57(34)7)49-31(60)11-14-44-37(63)26-17-25(20-55(26)5)48-40(66)35-53-29(22-58(35)8)50-33(62)13-16-46-42(68)70-43(2,3)4/h17-23H,10-16H2,1-9H3,(H,44,63)(H,45,64)(H,46,68)(H,47,65)(H,48,66)(H,49,60)(H,50,62)(H,51,61). The number of ether oxygens (including phenoxy) is 2. The lowest BCUT2D eigenvalue weighted by Crippen LogP contribution is -2.34. The fourth-order valence-electron chi connectivity index (χ4n) is 6.45. The second kappa shape index (κ2) is 22.8. The zero-order valence-corrected chi connectivity index (χ0v) is 40.1. The Hall–Kier alpha value is -8.78. The third kappa shape index (κ3) is 14.6. The Morgan fingerprint density at radius 1 is 0.500 bits per heavy atom. The van der Waals surface area contributed by atoms with E-state index in [2.05, 4.69) is 57.5 Å². The maximum absolute atomic E-state index is 13.2. The highest BCUT2D eigenvalue weighted by atomic mass is 16.6. The van der Waals surface area contributed by atoms with E-state index in [0.29, 0.717) is 0 Å². The van der Waals surface area contributed by atoms with Crippen LogP contribution in [0.15, 0.2) is 43.1 Å². The number of esters is 1. The monoisotopic (exact) mass is 972 g/mol. The molecular formula is C43H56N16O11. The third-order valence-electron chi connectivity index (χ3n) is 9.58. The van der Waals surface area contributed by atoms with Crippen LogP contribution >= 0.6 is 0 Å². The number of anilines is 5. The van der Waals surface area contributed by atoms with Crippen LogP contribution in [0.4, 0.5) is 33.6 Å². The number of hydrogen-bond donors (Lipinski definition) is 8. The summed E-state index contributed by atoms with van der Waals surface area (Å²) in [7, 11) is 7.88. The highest BCUT2D eigenvalue weighted by Crippen LogP contribution is 2.18. The van der Waals surface area contributed by atoms with Crippen molar-refractivity contribution in [2.45, 2.75) is 52.6 Å². The fraction of sp³-hybridized carbons (Fsp3) is 0.395. The number of aryl methyl sites for hydroxylation is 5. The molecule has 0 aromatic carbocycles. The van der Waals surface area contributed by atoms with E-state index < -0.39 is 59.0 Å². The minimum Gasteiger partial charge on any atom is -0.460 e. The summed E-state index contributed by atoms with van der Waals surface area (Å²) < 4.78 is 17.3. The van der Waals surface area contributed by atoms with Gasteiger partial charge in [-0.15, -0.1) is 0 Å². The molecule has 27 nitrogen and oxygen atoms in total. The molecule has 0 unspecified atom stereocenters. The van der Waals surface area contributed by atoms with Gasteiger partial charge in [0, 0.05) is 105 Å². The summed E-state index contributed by atoms with van der Waals surface area (Å²) in [6.45, 7) is 6.91. The molecule has 0 saturated carbocycles. The molecule has 70 heavy (non-hydrogen) atoms. The largest absolute Gasteiger partial charge is 0.460 e. The van der Waals surface area contributed by atoms with Crippen molar-refractivity contribution in [3.63, 3.8) is 0 Å².